The molecule has 9 heavy (non-hydrogen) atoms. The Morgan fingerprint density at radius 3 is 3.44 bits per heavy atom. The SMILES string of the molecule is C1=CN2CNCCC2N1. The van der Waals surface area contributed by atoms with E-state index < -0.39 is 0 Å². The summed E-state index contributed by atoms with van der Waals surface area (Å²) in [5.41, 5.74) is 0. The van der Waals surface area contributed by atoms with Crippen LogP contribution >= 0.6 is 0 Å². The molecule has 3 nitrogen and oxygen atoms in total. The highest BCUT2D eigenvalue weighted by molar-refractivity contribution is 4.95. The number of nitrogens with zero attached hydrogens (tertiary/aromatic N) is 1. The first-order chi connectivity index (χ1) is 4.47. The molecule has 1 saturated heterocycles. The Labute approximate surface area is 54.7 Å². The Hall–Kier alpha value is -0.700. The van der Waals surface area contributed by atoms with Crippen LogP contribution in [0.15, 0.2) is 12.4 Å². The molecule has 0 spiro atoms. The van der Waals surface area contributed by atoms with Gasteiger partial charge in [-0.05, 0) is 6.42 Å². The topological polar surface area (TPSA) is 27.3 Å². The molecule has 3 heteroatoms. The number of hydrogen-bond acceptors (Lipinski definition) is 3. The van der Waals surface area contributed by atoms with E-state index in [1.165, 1.54) is 6.42 Å². The summed E-state index contributed by atoms with van der Waals surface area (Å²) >= 11 is 0. The fourth-order valence-electron chi connectivity index (χ4n) is 1.31. The van der Waals surface area contributed by atoms with Gasteiger partial charge in [-0.25, -0.2) is 0 Å². The summed E-state index contributed by atoms with van der Waals surface area (Å²) in [4.78, 5) is 2.27. The van der Waals surface area contributed by atoms with Crippen LogP contribution < -0.4 is 10.6 Å². The van der Waals surface area contributed by atoms with Gasteiger partial charge in [0.2, 0.25) is 0 Å². The molecule has 50 valence electrons. The maximum atomic E-state index is 3.29. The largest absolute Gasteiger partial charge is 0.370 e. The highest BCUT2D eigenvalue weighted by Gasteiger charge is 2.20. The van der Waals surface area contributed by atoms with Crippen molar-refractivity contribution in [2.24, 2.45) is 0 Å². The molecule has 1 unspecified atom stereocenters. The molecule has 2 N–H and O–H groups in total. The lowest BCUT2D eigenvalue weighted by Crippen LogP contribution is -2.47. The summed E-state index contributed by atoms with van der Waals surface area (Å²) in [6.07, 6.45) is 5.88. The van der Waals surface area contributed by atoms with Crippen molar-refractivity contribution in [3.05, 3.63) is 12.4 Å². The van der Waals surface area contributed by atoms with Crippen LogP contribution in [0.1, 0.15) is 6.42 Å². The van der Waals surface area contributed by atoms with Crippen molar-refractivity contribution < 1.29 is 0 Å². The van der Waals surface area contributed by atoms with Crippen molar-refractivity contribution in [1.82, 2.24) is 15.5 Å². The van der Waals surface area contributed by atoms with Gasteiger partial charge in [-0.2, -0.15) is 0 Å². The van der Waals surface area contributed by atoms with Crippen LogP contribution in [-0.4, -0.2) is 24.3 Å². The molecular weight excluding hydrogens is 114 g/mol. The molecule has 2 aliphatic rings. The Bertz CT molecular complexity index is 132. The standard InChI is InChI=1S/C6H11N3/c1-2-7-5-9-4-3-8-6(1)9/h3-4,6-8H,1-2,5H2. The second kappa shape index (κ2) is 1.92. The molecule has 1 atom stereocenters. The molecule has 2 rings (SSSR count). The van der Waals surface area contributed by atoms with Crippen LogP contribution in [0.2, 0.25) is 0 Å². The number of fused-ring (bicyclic) bond motifs is 1. The first-order valence-corrected chi connectivity index (χ1v) is 3.36. The van der Waals surface area contributed by atoms with Crippen molar-refractivity contribution in [1.29, 1.82) is 0 Å². The van der Waals surface area contributed by atoms with E-state index >= 15 is 0 Å². The third-order valence-corrected chi connectivity index (χ3v) is 1.84. The van der Waals surface area contributed by atoms with E-state index in [2.05, 4.69) is 21.7 Å². The third kappa shape index (κ3) is 0.772. The van der Waals surface area contributed by atoms with Crippen molar-refractivity contribution >= 4 is 0 Å². The van der Waals surface area contributed by atoms with Crippen LogP contribution in [0.25, 0.3) is 0 Å². The van der Waals surface area contributed by atoms with E-state index in [-0.39, 0.29) is 0 Å². The van der Waals surface area contributed by atoms with Gasteiger partial charge < -0.3 is 10.2 Å². The van der Waals surface area contributed by atoms with Gasteiger partial charge in [0.25, 0.3) is 0 Å². The van der Waals surface area contributed by atoms with Crippen LogP contribution in [0.3, 0.4) is 0 Å². The van der Waals surface area contributed by atoms with Crippen LogP contribution in [0, 0.1) is 0 Å². The van der Waals surface area contributed by atoms with Crippen molar-refractivity contribution in [2.75, 3.05) is 13.2 Å². The average molecular weight is 125 g/mol. The zero-order chi connectivity index (χ0) is 6.10. The molecule has 0 saturated carbocycles. The van der Waals surface area contributed by atoms with Gasteiger partial charge in [0, 0.05) is 18.9 Å². The van der Waals surface area contributed by atoms with Crippen LogP contribution in [-0.2, 0) is 0 Å². The van der Waals surface area contributed by atoms with Gasteiger partial charge in [-0.1, -0.05) is 0 Å². The summed E-state index contributed by atoms with van der Waals surface area (Å²) in [6.45, 7) is 2.13. The zero-order valence-corrected chi connectivity index (χ0v) is 5.30. The van der Waals surface area contributed by atoms with Gasteiger partial charge in [-0.3, -0.25) is 5.32 Å². The predicted molar refractivity (Wildman–Crippen MR) is 35.4 cm³/mol. The normalized spacial score (nSPS) is 32.0. The quantitative estimate of drug-likeness (QED) is 0.463. The molecule has 0 radical (unpaired) electrons. The summed E-state index contributed by atoms with van der Waals surface area (Å²) < 4.78 is 0. The lowest BCUT2D eigenvalue weighted by atomic mass is 10.3. The summed E-state index contributed by atoms with van der Waals surface area (Å²) in [6, 6.07) is 0. The molecule has 2 heterocycles. The van der Waals surface area contributed by atoms with Gasteiger partial charge in [-0.15, -0.1) is 0 Å². The maximum Gasteiger partial charge on any atom is 0.100 e. The van der Waals surface area contributed by atoms with E-state index in [0.29, 0.717) is 6.17 Å². The monoisotopic (exact) mass is 125 g/mol. The minimum atomic E-state index is 0.575. The summed E-state index contributed by atoms with van der Waals surface area (Å²) in [5.74, 6) is 0. The number of hydrogen-bond donors (Lipinski definition) is 2. The van der Waals surface area contributed by atoms with Gasteiger partial charge >= 0.3 is 0 Å². The Kier molecular flexibility index (Phi) is 1.09. The minimum absolute atomic E-state index is 0.575. The highest BCUT2D eigenvalue weighted by Crippen LogP contribution is 2.09. The zero-order valence-electron chi connectivity index (χ0n) is 5.30. The Morgan fingerprint density at radius 1 is 1.56 bits per heavy atom. The van der Waals surface area contributed by atoms with E-state index in [4.69, 9.17) is 0 Å². The fourth-order valence-corrected chi connectivity index (χ4v) is 1.31. The van der Waals surface area contributed by atoms with Gasteiger partial charge in [0.1, 0.15) is 6.17 Å². The molecule has 0 aromatic heterocycles. The van der Waals surface area contributed by atoms with Crippen LogP contribution in [0.4, 0.5) is 0 Å². The molecule has 2 aliphatic heterocycles. The molecule has 1 fully saturated rings. The smallest absolute Gasteiger partial charge is 0.100 e. The summed E-state index contributed by atoms with van der Waals surface area (Å²) in [7, 11) is 0. The number of rotatable bonds is 0. The molecule has 0 amide bonds. The second-order valence-corrected chi connectivity index (χ2v) is 2.46. The third-order valence-electron chi connectivity index (χ3n) is 1.84. The van der Waals surface area contributed by atoms with E-state index in [1.807, 2.05) is 6.20 Å². The van der Waals surface area contributed by atoms with Gasteiger partial charge in [0.15, 0.2) is 0 Å². The second-order valence-electron chi connectivity index (χ2n) is 2.46. The van der Waals surface area contributed by atoms with Crippen molar-refractivity contribution in [3.63, 3.8) is 0 Å². The van der Waals surface area contributed by atoms with Crippen molar-refractivity contribution in [2.45, 2.75) is 12.6 Å². The highest BCUT2D eigenvalue weighted by atomic mass is 15.4. The first-order valence-electron chi connectivity index (χ1n) is 3.36. The van der Waals surface area contributed by atoms with E-state index in [9.17, 15) is 0 Å². The van der Waals surface area contributed by atoms with Crippen LogP contribution in [0.5, 0.6) is 0 Å². The molecule has 0 aromatic carbocycles. The minimum Gasteiger partial charge on any atom is -0.370 e. The predicted octanol–water partition coefficient (Wildman–Crippen LogP) is -0.360. The Balaban J connectivity index is 2.03. The van der Waals surface area contributed by atoms with E-state index in [0.717, 1.165) is 13.2 Å². The average Bonchev–Trinajstić information content (AvgIpc) is 2.33. The molecule has 0 bridgehead atoms. The first kappa shape index (κ1) is 5.11. The summed E-state index contributed by atoms with van der Waals surface area (Å²) in [5, 5.41) is 6.55. The van der Waals surface area contributed by atoms with Gasteiger partial charge in [0.05, 0.1) is 6.67 Å². The molecule has 0 aromatic rings. The Morgan fingerprint density at radius 2 is 2.56 bits per heavy atom. The fraction of sp³-hybridized carbons (Fsp3) is 0.667. The lowest BCUT2D eigenvalue weighted by Gasteiger charge is -2.30. The van der Waals surface area contributed by atoms with E-state index in [1.54, 1.807) is 0 Å². The number of nitrogens with one attached hydrogen (secondary N) is 2. The lowest BCUT2D eigenvalue weighted by molar-refractivity contribution is 0.205. The molecule has 0 aliphatic carbocycles. The maximum absolute atomic E-state index is 3.29. The molecular formula is C6H11N3. The van der Waals surface area contributed by atoms with Crippen molar-refractivity contribution in [3.8, 4) is 0 Å².